The van der Waals surface area contributed by atoms with Crippen molar-refractivity contribution in [1.29, 1.82) is 0 Å². The second-order valence-electron chi connectivity index (χ2n) is 1.91. The SMILES string of the molecule is Nc1ccccc1[O][Ge](=[O])[OH]. The Balaban J connectivity index is 2.86. The number of rotatable bonds is 2. The summed E-state index contributed by atoms with van der Waals surface area (Å²) in [5.41, 5.74) is 5.80. The zero-order valence-corrected chi connectivity index (χ0v) is 7.75. The molecule has 11 heavy (non-hydrogen) atoms. The normalized spacial score (nSPS) is 9.09. The standard InChI is InChI=1S/C6H7GeNO3/c8-5-3-1-2-4-6(5)11-7(9)10/h1-4,9H,8H2. The van der Waals surface area contributed by atoms with E-state index in [1.54, 1.807) is 24.3 Å². The van der Waals surface area contributed by atoms with E-state index in [1.807, 2.05) is 0 Å². The molecule has 0 bridgehead atoms. The van der Waals surface area contributed by atoms with Gasteiger partial charge in [-0.05, 0) is 0 Å². The molecule has 1 aromatic carbocycles. The molecule has 0 spiro atoms. The van der Waals surface area contributed by atoms with Crippen molar-refractivity contribution in [2.24, 2.45) is 0 Å². The van der Waals surface area contributed by atoms with Gasteiger partial charge in [0.2, 0.25) is 0 Å². The Morgan fingerprint density at radius 1 is 1.45 bits per heavy atom. The van der Waals surface area contributed by atoms with E-state index in [0.717, 1.165) is 0 Å². The van der Waals surface area contributed by atoms with Crippen LogP contribution in [0.3, 0.4) is 0 Å². The van der Waals surface area contributed by atoms with E-state index >= 15 is 0 Å². The fourth-order valence-corrected chi connectivity index (χ4v) is 1.45. The first-order chi connectivity index (χ1) is 5.20. The second-order valence-corrected chi connectivity index (χ2v) is 3.45. The molecule has 0 fully saturated rings. The molecule has 0 radical (unpaired) electrons. The third kappa shape index (κ3) is 2.23. The van der Waals surface area contributed by atoms with Crippen LogP contribution in [0.5, 0.6) is 5.75 Å². The van der Waals surface area contributed by atoms with Crippen LogP contribution in [-0.2, 0) is 3.78 Å². The van der Waals surface area contributed by atoms with Gasteiger partial charge in [0.15, 0.2) is 0 Å². The molecule has 0 aliphatic heterocycles. The third-order valence-corrected chi connectivity index (χ3v) is 1.94. The van der Waals surface area contributed by atoms with Crippen LogP contribution in [-0.4, -0.2) is 19.1 Å². The van der Waals surface area contributed by atoms with E-state index in [2.05, 4.69) is 3.76 Å². The molecule has 58 valence electrons. The first-order valence-corrected chi connectivity index (χ1v) is 5.60. The van der Waals surface area contributed by atoms with E-state index in [9.17, 15) is 3.78 Å². The molecule has 0 saturated heterocycles. The van der Waals surface area contributed by atoms with Gasteiger partial charge in [0.1, 0.15) is 0 Å². The summed E-state index contributed by atoms with van der Waals surface area (Å²) in [6, 6.07) is 6.57. The molecule has 0 aliphatic rings. The average molecular weight is 214 g/mol. The number of nitrogens with two attached hydrogens (primary N) is 1. The Bertz CT molecular complexity index is 276. The van der Waals surface area contributed by atoms with E-state index < -0.39 is 15.0 Å². The van der Waals surface area contributed by atoms with Gasteiger partial charge in [0.05, 0.1) is 0 Å². The van der Waals surface area contributed by atoms with Crippen LogP contribution in [0.15, 0.2) is 24.3 Å². The first kappa shape index (κ1) is 8.06. The third-order valence-electron chi connectivity index (χ3n) is 1.12. The minimum atomic E-state index is -3.49. The molecule has 3 N–H and O–H groups in total. The van der Waals surface area contributed by atoms with Crippen LogP contribution in [0.4, 0.5) is 5.69 Å². The van der Waals surface area contributed by atoms with Crippen molar-refractivity contribution in [3.05, 3.63) is 24.3 Å². The summed E-state index contributed by atoms with van der Waals surface area (Å²) < 4.78 is 23.3. The Hall–Kier alpha value is -1.04. The Kier molecular flexibility index (Phi) is 2.48. The van der Waals surface area contributed by atoms with Gasteiger partial charge >= 0.3 is 68.1 Å². The van der Waals surface area contributed by atoms with E-state index in [4.69, 9.17) is 9.87 Å². The zero-order chi connectivity index (χ0) is 8.27. The summed E-state index contributed by atoms with van der Waals surface area (Å²) in [6.07, 6.45) is 0. The average Bonchev–Trinajstić information content (AvgIpc) is 1.93. The number of hydrogen-bond donors (Lipinski definition) is 2. The molecule has 5 heteroatoms. The number of anilines is 1. The second kappa shape index (κ2) is 3.38. The molecule has 1 aromatic rings. The Morgan fingerprint density at radius 2 is 2.09 bits per heavy atom. The van der Waals surface area contributed by atoms with Crippen LogP contribution in [0.2, 0.25) is 0 Å². The molecule has 0 unspecified atom stereocenters. The zero-order valence-electron chi connectivity index (χ0n) is 5.65. The predicted molar refractivity (Wildman–Crippen MR) is 40.1 cm³/mol. The van der Waals surface area contributed by atoms with Gasteiger partial charge in [-0.2, -0.15) is 0 Å². The fraction of sp³-hybridized carbons (Fsp3) is 0. The van der Waals surface area contributed by atoms with Crippen LogP contribution < -0.4 is 9.50 Å². The molecule has 0 heterocycles. The molecule has 0 saturated carbocycles. The maximum absolute atomic E-state index is 10.3. The first-order valence-electron chi connectivity index (χ1n) is 2.95. The topological polar surface area (TPSA) is 72.5 Å². The maximum atomic E-state index is 10.3. The van der Waals surface area contributed by atoms with Crippen LogP contribution >= 0.6 is 0 Å². The number of hydrogen-bond acceptors (Lipinski definition) is 3. The van der Waals surface area contributed by atoms with E-state index in [-0.39, 0.29) is 5.75 Å². The van der Waals surface area contributed by atoms with E-state index in [0.29, 0.717) is 5.69 Å². The van der Waals surface area contributed by atoms with Crippen molar-refractivity contribution in [2.75, 3.05) is 5.73 Å². The molecular formula is C6H7GeNO3. The van der Waals surface area contributed by atoms with Gasteiger partial charge in [0, 0.05) is 0 Å². The fourth-order valence-electron chi connectivity index (χ4n) is 0.668. The molecular weight excluding hydrogens is 207 g/mol. The van der Waals surface area contributed by atoms with Gasteiger partial charge in [0.25, 0.3) is 0 Å². The summed E-state index contributed by atoms with van der Waals surface area (Å²) in [5, 5.41) is 0. The molecule has 0 aromatic heterocycles. The Morgan fingerprint density at radius 3 is 2.64 bits per heavy atom. The van der Waals surface area contributed by atoms with Gasteiger partial charge in [-0.1, -0.05) is 0 Å². The molecule has 1 rings (SSSR count). The molecule has 0 aliphatic carbocycles. The van der Waals surface area contributed by atoms with Crippen molar-refractivity contribution in [2.45, 2.75) is 0 Å². The quantitative estimate of drug-likeness (QED) is 0.538. The van der Waals surface area contributed by atoms with Crippen molar-refractivity contribution >= 4 is 20.6 Å². The predicted octanol–water partition coefficient (Wildman–Crippen LogP) is 0.0553. The van der Waals surface area contributed by atoms with E-state index in [1.165, 1.54) is 0 Å². The van der Waals surface area contributed by atoms with Gasteiger partial charge in [-0.15, -0.1) is 0 Å². The summed E-state index contributed by atoms with van der Waals surface area (Å²) in [6.45, 7) is 0. The Labute approximate surface area is 68.6 Å². The van der Waals surface area contributed by atoms with Crippen molar-refractivity contribution < 1.29 is 11.7 Å². The number of para-hydroxylation sites is 2. The monoisotopic (exact) mass is 215 g/mol. The van der Waals surface area contributed by atoms with Crippen LogP contribution in [0, 0.1) is 0 Å². The molecule has 0 atom stereocenters. The summed E-state index contributed by atoms with van der Waals surface area (Å²) >= 11 is -3.49. The minimum absolute atomic E-state index is 0.278. The van der Waals surface area contributed by atoms with Gasteiger partial charge < -0.3 is 0 Å². The van der Waals surface area contributed by atoms with Crippen molar-refractivity contribution in [3.8, 4) is 5.75 Å². The van der Waals surface area contributed by atoms with Crippen LogP contribution in [0.1, 0.15) is 0 Å². The summed E-state index contributed by atoms with van der Waals surface area (Å²) in [4.78, 5) is 0. The molecule has 4 nitrogen and oxygen atoms in total. The number of nitrogen functional groups attached to an aromatic ring is 1. The van der Waals surface area contributed by atoms with Gasteiger partial charge in [-0.25, -0.2) is 0 Å². The van der Waals surface area contributed by atoms with Crippen molar-refractivity contribution in [3.63, 3.8) is 0 Å². The summed E-state index contributed by atoms with van der Waals surface area (Å²) in [7, 11) is 0. The summed E-state index contributed by atoms with van der Waals surface area (Å²) in [5.74, 6) is 0.278. The van der Waals surface area contributed by atoms with Gasteiger partial charge in [-0.3, -0.25) is 0 Å². The van der Waals surface area contributed by atoms with Crippen molar-refractivity contribution in [1.82, 2.24) is 0 Å². The van der Waals surface area contributed by atoms with Crippen LogP contribution in [0.25, 0.3) is 0 Å². The molecule has 0 amide bonds. The number of benzene rings is 1.